The first-order valence-corrected chi connectivity index (χ1v) is 17.3. The lowest BCUT2D eigenvalue weighted by atomic mass is 9.72. The lowest BCUT2D eigenvalue weighted by molar-refractivity contribution is 0.628. The molecule has 0 spiro atoms. The molecule has 0 amide bonds. The standard InChI is InChI=1S/C46H38N4/c1-45(2)35-17-8-10-21-41(35)50(42-22-11-9-18-36(42)45)34-24-26-44-38(29-34)46(3,4)37-28-31(23-25-43(37)49(44)33-15-6-5-7-16-33)39-19-12-20-40(48-39)32-14-13-27-47-30-32/h5-30H,1-4H3. The van der Waals surface area contributed by atoms with Crippen molar-refractivity contribution in [3.8, 4) is 22.5 Å². The Hall–Kier alpha value is -6.00. The number of benzene rings is 5. The summed E-state index contributed by atoms with van der Waals surface area (Å²) in [7, 11) is 0. The Bertz CT molecular complexity index is 2340. The molecule has 9 rings (SSSR count). The van der Waals surface area contributed by atoms with Gasteiger partial charge in [-0.15, -0.1) is 0 Å². The van der Waals surface area contributed by atoms with E-state index < -0.39 is 0 Å². The van der Waals surface area contributed by atoms with Crippen LogP contribution in [0.1, 0.15) is 49.9 Å². The molecular formula is C46H38N4. The summed E-state index contributed by atoms with van der Waals surface area (Å²) >= 11 is 0. The number of para-hydroxylation sites is 3. The number of hydrogen-bond donors (Lipinski definition) is 0. The van der Waals surface area contributed by atoms with E-state index in [2.05, 4.69) is 182 Å². The van der Waals surface area contributed by atoms with Crippen molar-refractivity contribution < 1.29 is 0 Å². The molecule has 4 nitrogen and oxygen atoms in total. The van der Waals surface area contributed by atoms with Crippen LogP contribution in [0.2, 0.25) is 0 Å². The number of anilines is 6. The van der Waals surface area contributed by atoms with E-state index in [1.165, 1.54) is 45.0 Å². The molecule has 2 aliphatic heterocycles. The van der Waals surface area contributed by atoms with Gasteiger partial charge in [-0.05, 0) is 101 Å². The van der Waals surface area contributed by atoms with E-state index in [4.69, 9.17) is 4.98 Å². The zero-order valence-electron chi connectivity index (χ0n) is 28.8. The fourth-order valence-corrected chi connectivity index (χ4v) is 8.10. The van der Waals surface area contributed by atoms with Crippen LogP contribution < -0.4 is 9.80 Å². The van der Waals surface area contributed by atoms with E-state index in [1.54, 1.807) is 6.20 Å². The number of aromatic nitrogens is 2. The molecule has 0 atom stereocenters. The summed E-state index contributed by atoms with van der Waals surface area (Å²) in [4.78, 5) is 14.3. The van der Waals surface area contributed by atoms with Gasteiger partial charge in [0.15, 0.2) is 0 Å². The van der Waals surface area contributed by atoms with Crippen LogP contribution in [0.25, 0.3) is 22.5 Å². The largest absolute Gasteiger partial charge is 0.310 e. The number of nitrogens with zero attached hydrogens (tertiary/aromatic N) is 4. The summed E-state index contributed by atoms with van der Waals surface area (Å²) in [5, 5.41) is 0. The van der Waals surface area contributed by atoms with Gasteiger partial charge in [0.05, 0.1) is 34.1 Å². The lowest BCUT2D eigenvalue weighted by Gasteiger charge is -2.44. The summed E-state index contributed by atoms with van der Waals surface area (Å²) < 4.78 is 0. The smallest absolute Gasteiger partial charge is 0.0725 e. The van der Waals surface area contributed by atoms with Crippen molar-refractivity contribution in [2.45, 2.75) is 38.5 Å². The molecule has 0 bridgehead atoms. The van der Waals surface area contributed by atoms with Gasteiger partial charge in [0.1, 0.15) is 0 Å². The van der Waals surface area contributed by atoms with Crippen molar-refractivity contribution in [3.63, 3.8) is 0 Å². The highest BCUT2D eigenvalue weighted by molar-refractivity contribution is 5.91. The van der Waals surface area contributed by atoms with Gasteiger partial charge in [-0.2, -0.15) is 0 Å². The van der Waals surface area contributed by atoms with Crippen molar-refractivity contribution in [3.05, 3.63) is 180 Å². The Morgan fingerprint density at radius 2 is 0.980 bits per heavy atom. The summed E-state index contributed by atoms with van der Waals surface area (Å²) in [5.74, 6) is 0. The maximum atomic E-state index is 5.10. The van der Waals surface area contributed by atoms with Crippen molar-refractivity contribution in [2.75, 3.05) is 9.80 Å². The SMILES string of the molecule is CC1(C)c2ccccc2N(c2ccc3c(c2)C(C)(C)c2cc(-c4cccc(-c5cccnc5)n4)ccc2N3c2ccccc2)c2ccccc21. The van der Waals surface area contributed by atoms with Crippen molar-refractivity contribution >= 4 is 34.1 Å². The first kappa shape index (κ1) is 30.1. The molecule has 4 heteroatoms. The molecule has 4 heterocycles. The third kappa shape index (κ3) is 4.59. The van der Waals surface area contributed by atoms with E-state index >= 15 is 0 Å². The molecule has 0 radical (unpaired) electrons. The average molecular weight is 647 g/mol. The number of pyridine rings is 2. The molecule has 242 valence electrons. The number of fused-ring (bicyclic) bond motifs is 4. The van der Waals surface area contributed by atoms with Gasteiger partial charge in [-0.25, -0.2) is 4.98 Å². The highest BCUT2D eigenvalue weighted by Crippen LogP contribution is 2.56. The van der Waals surface area contributed by atoms with Gasteiger partial charge in [0.25, 0.3) is 0 Å². The van der Waals surface area contributed by atoms with Crippen LogP contribution in [0.4, 0.5) is 34.1 Å². The normalized spacial score (nSPS) is 15.0. The molecule has 0 aliphatic carbocycles. The second kappa shape index (κ2) is 11.3. The van der Waals surface area contributed by atoms with Crippen LogP contribution in [-0.4, -0.2) is 9.97 Å². The number of rotatable bonds is 4. The van der Waals surface area contributed by atoms with Gasteiger partial charge in [0.2, 0.25) is 0 Å². The minimum atomic E-state index is -0.309. The molecule has 5 aromatic carbocycles. The lowest BCUT2D eigenvalue weighted by Crippen LogP contribution is -2.32. The van der Waals surface area contributed by atoms with Crippen molar-refractivity contribution in [2.24, 2.45) is 0 Å². The quantitative estimate of drug-likeness (QED) is 0.190. The van der Waals surface area contributed by atoms with Gasteiger partial charge < -0.3 is 9.80 Å². The van der Waals surface area contributed by atoms with Gasteiger partial charge in [-0.1, -0.05) is 94.4 Å². The average Bonchev–Trinajstić information content (AvgIpc) is 3.16. The van der Waals surface area contributed by atoms with Gasteiger partial charge in [-0.3, -0.25) is 4.98 Å². The van der Waals surface area contributed by atoms with Crippen LogP contribution in [0.5, 0.6) is 0 Å². The molecule has 0 fully saturated rings. The monoisotopic (exact) mass is 646 g/mol. The molecule has 7 aromatic rings. The van der Waals surface area contributed by atoms with Crippen LogP contribution in [0, 0.1) is 0 Å². The number of hydrogen-bond acceptors (Lipinski definition) is 4. The third-order valence-electron chi connectivity index (χ3n) is 10.7. The van der Waals surface area contributed by atoms with E-state index in [0.29, 0.717) is 0 Å². The molecular weight excluding hydrogens is 609 g/mol. The Morgan fingerprint density at radius 3 is 1.66 bits per heavy atom. The molecule has 0 saturated heterocycles. The fraction of sp³-hybridized carbons (Fsp3) is 0.130. The van der Waals surface area contributed by atoms with Crippen LogP contribution >= 0.6 is 0 Å². The minimum absolute atomic E-state index is 0.112. The first-order chi connectivity index (χ1) is 24.3. The molecule has 2 aromatic heterocycles. The summed E-state index contributed by atoms with van der Waals surface area (Å²) in [6.45, 7) is 9.40. The Balaban J connectivity index is 1.23. The summed E-state index contributed by atoms with van der Waals surface area (Å²) in [5.41, 5.74) is 15.9. The van der Waals surface area contributed by atoms with Gasteiger partial charge >= 0.3 is 0 Å². The Labute approximate surface area is 294 Å². The van der Waals surface area contributed by atoms with Crippen LogP contribution in [0.3, 0.4) is 0 Å². The van der Waals surface area contributed by atoms with E-state index in [1.807, 2.05) is 12.3 Å². The Morgan fingerprint density at radius 1 is 0.420 bits per heavy atom. The van der Waals surface area contributed by atoms with Crippen LogP contribution in [-0.2, 0) is 10.8 Å². The zero-order chi connectivity index (χ0) is 34.0. The highest BCUT2D eigenvalue weighted by atomic mass is 15.2. The predicted molar refractivity (Wildman–Crippen MR) is 207 cm³/mol. The second-order valence-corrected chi connectivity index (χ2v) is 14.4. The molecule has 50 heavy (non-hydrogen) atoms. The van der Waals surface area contributed by atoms with E-state index in [0.717, 1.165) is 33.9 Å². The van der Waals surface area contributed by atoms with Crippen molar-refractivity contribution in [1.29, 1.82) is 0 Å². The minimum Gasteiger partial charge on any atom is -0.310 e. The topological polar surface area (TPSA) is 32.3 Å². The molecule has 0 saturated carbocycles. The van der Waals surface area contributed by atoms with E-state index in [-0.39, 0.29) is 10.8 Å². The summed E-state index contributed by atoms with van der Waals surface area (Å²) in [6.07, 6.45) is 3.67. The molecule has 0 unspecified atom stereocenters. The third-order valence-corrected chi connectivity index (χ3v) is 10.7. The van der Waals surface area contributed by atoms with Crippen molar-refractivity contribution in [1.82, 2.24) is 9.97 Å². The maximum Gasteiger partial charge on any atom is 0.0725 e. The zero-order valence-corrected chi connectivity index (χ0v) is 28.8. The van der Waals surface area contributed by atoms with Gasteiger partial charge in [0, 0.05) is 45.7 Å². The Kier molecular flexibility index (Phi) is 6.79. The van der Waals surface area contributed by atoms with Crippen LogP contribution in [0.15, 0.2) is 158 Å². The fourth-order valence-electron chi connectivity index (χ4n) is 8.10. The highest BCUT2D eigenvalue weighted by Gasteiger charge is 2.40. The maximum absolute atomic E-state index is 5.10. The first-order valence-electron chi connectivity index (χ1n) is 17.3. The van der Waals surface area contributed by atoms with E-state index in [9.17, 15) is 0 Å². The summed E-state index contributed by atoms with van der Waals surface area (Å²) in [6, 6.07) is 52.6. The second-order valence-electron chi connectivity index (χ2n) is 14.4. The molecule has 0 N–H and O–H groups in total. The predicted octanol–water partition coefficient (Wildman–Crippen LogP) is 12.0. The molecule has 2 aliphatic rings.